The van der Waals surface area contributed by atoms with Gasteiger partial charge in [0.1, 0.15) is 11.6 Å². The summed E-state index contributed by atoms with van der Waals surface area (Å²) in [5.74, 6) is -4.14. The highest BCUT2D eigenvalue weighted by atomic mass is 19.1. The van der Waals surface area contributed by atoms with E-state index in [0.29, 0.717) is 0 Å². The van der Waals surface area contributed by atoms with Gasteiger partial charge in [0.2, 0.25) is 11.7 Å². The van der Waals surface area contributed by atoms with Crippen molar-refractivity contribution in [3.05, 3.63) is 35.4 Å². The molecule has 0 bridgehead atoms. The maximum atomic E-state index is 13.3. The summed E-state index contributed by atoms with van der Waals surface area (Å²) in [5.41, 5.74) is 3.57. The SMILES string of the molecule is CCOC(=O)C(=N)NNC(=O)Cc1c(F)cccc1F. The molecule has 8 heteroatoms. The van der Waals surface area contributed by atoms with Gasteiger partial charge in [0.25, 0.3) is 0 Å². The summed E-state index contributed by atoms with van der Waals surface area (Å²) in [4.78, 5) is 22.5. The minimum atomic E-state index is -0.954. The lowest BCUT2D eigenvalue weighted by molar-refractivity contribution is -0.135. The van der Waals surface area contributed by atoms with Crippen molar-refractivity contribution in [1.29, 1.82) is 5.41 Å². The second-order valence-corrected chi connectivity index (χ2v) is 3.65. The lowest BCUT2D eigenvalue weighted by Crippen LogP contribution is -2.45. The van der Waals surface area contributed by atoms with Gasteiger partial charge in [-0.1, -0.05) is 6.07 Å². The van der Waals surface area contributed by atoms with E-state index >= 15 is 0 Å². The Bertz CT molecular complexity index is 514. The molecule has 0 aliphatic carbocycles. The van der Waals surface area contributed by atoms with Crippen molar-refractivity contribution in [3.63, 3.8) is 0 Å². The molecule has 0 unspecified atom stereocenters. The number of hydrogen-bond acceptors (Lipinski definition) is 4. The summed E-state index contributed by atoms with van der Waals surface area (Å²) in [6, 6.07) is 3.24. The van der Waals surface area contributed by atoms with Crippen LogP contribution in [0.4, 0.5) is 8.78 Å². The van der Waals surface area contributed by atoms with Crippen LogP contribution in [0, 0.1) is 17.0 Å². The fraction of sp³-hybridized carbons (Fsp3) is 0.250. The topological polar surface area (TPSA) is 91.3 Å². The van der Waals surface area contributed by atoms with Crippen LogP contribution in [0.1, 0.15) is 12.5 Å². The molecule has 6 nitrogen and oxygen atoms in total. The molecule has 0 saturated carbocycles. The summed E-state index contributed by atoms with van der Waals surface area (Å²) < 4.78 is 31.1. The highest BCUT2D eigenvalue weighted by molar-refractivity contribution is 6.34. The van der Waals surface area contributed by atoms with Gasteiger partial charge in [0.15, 0.2) is 0 Å². The Balaban J connectivity index is 2.53. The summed E-state index contributed by atoms with van der Waals surface area (Å²) in [6.07, 6.45) is -0.568. The zero-order valence-electron chi connectivity index (χ0n) is 10.6. The van der Waals surface area contributed by atoms with Gasteiger partial charge in [-0.25, -0.2) is 13.6 Å². The van der Waals surface area contributed by atoms with E-state index in [-0.39, 0.29) is 6.61 Å². The number of esters is 1. The number of hydrazine groups is 1. The van der Waals surface area contributed by atoms with Crippen molar-refractivity contribution in [2.45, 2.75) is 13.3 Å². The first-order valence-corrected chi connectivity index (χ1v) is 5.69. The molecule has 1 rings (SSSR count). The molecule has 1 aromatic carbocycles. The Labute approximate surface area is 113 Å². The molecular weight excluding hydrogens is 272 g/mol. The van der Waals surface area contributed by atoms with Crippen LogP contribution in [0.5, 0.6) is 0 Å². The molecule has 1 aromatic rings. The van der Waals surface area contributed by atoms with Gasteiger partial charge >= 0.3 is 5.97 Å². The van der Waals surface area contributed by atoms with Crippen molar-refractivity contribution in [2.24, 2.45) is 0 Å². The van der Waals surface area contributed by atoms with E-state index in [1.54, 1.807) is 6.92 Å². The molecule has 0 atom stereocenters. The van der Waals surface area contributed by atoms with Crippen LogP contribution < -0.4 is 10.9 Å². The molecule has 0 radical (unpaired) electrons. The summed E-state index contributed by atoms with van der Waals surface area (Å²) in [7, 11) is 0. The van der Waals surface area contributed by atoms with Crippen molar-refractivity contribution >= 4 is 17.7 Å². The van der Waals surface area contributed by atoms with Gasteiger partial charge < -0.3 is 4.74 Å². The number of carbonyl (C=O) groups is 2. The number of amides is 1. The summed E-state index contributed by atoms with van der Waals surface area (Å²) in [6.45, 7) is 1.64. The van der Waals surface area contributed by atoms with E-state index in [1.165, 1.54) is 6.07 Å². The molecule has 0 aromatic heterocycles. The lowest BCUT2D eigenvalue weighted by Gasteiger charge is -2.09. The Morgan fingerprint density at radius 2 is 1.85 bits per heavy atom. The maximum Gasteiger partial charge on any atom is 0.375 e. The third kappa shape index (κ3) is 4.30. The van der Waals surface area contributed by atoms with Crippen LogP contribution in [0.2, 0.25) is 0 Å². The van der Waals surface area contributed by atoms with Crippen LogP contribution in [0.15, 0.2) is 18.2 Å². The van der Waals surface area contributed by atoms with Gasteiger partial charge in [-0.05, 0) is 19.1 Å². The van der Waals surface area contributed by atoms with Crippen molar-refractivity contribution in [1.82, 2.24) is 10.9 Å². The molecular formula is C12H13F2N3O3. The molecule has 3 N–H and O–H groups in total. The van der Waals surface area contributed by atoms with Crippen molar-refractivity contribution in [2.75, 3.05) is 6.61 Å². The normalized spacial score (nSPS) is 9.75. The fourth-order valence-corrected chi connectivity index (χ4v) is 1.29. The molecule has 0 aliphatic heterocycles. The Morgan fingerprint density at radius 1 is 1.25 bits per heavy atom. The number of nitrogens with one attached hydrogen (secondary N) is 3. The zero-order valence-corrected chi connectivity index (χ0v) is 10.6. The molecule has 108 valence electrons. The van der Waals surface area contributed by atoms with E-state index in [2.05, 4.69) is 4.74 Å². The third-order valence-electron chi connectivity index (χ3n) is 2.21. The van der Waals surface area contributed by atoms with Crippen LogP contribution in [-0.4, -0.2) is 24.3 Å². The van der Waals surface area contributed by atoms with Gasteiger partial charge in [-0.15, -0.1) is 0 Å². The van der Waals surface area contributed by atoms with Crippen molar-refractivity contribution < 1.29 is 23.1 Å². The van der Waals surface area contributed by atoms with Gasteiger partial charge in [-0.3, -0.25) is 21.1 Å². The Hall–Kier alpha value is -2.51. The van der Waals surface area contributed by atoms with Gasteiger partial charge in [0.05, 0.1) is 13.0 Å². The first-order valence-electron chi connectivity index (χ1n) is 5.69. The number of carbonyl (C=O) groups excluding carboxylic acids is 2. The van der Waals surface area contributed by atoms with E-state index in [0.717, 1.165) is 12.1 Å². The molecule has 0 spiro atoms. The Kier molecular flexibility index (Phi) is 5.57. The predicted molar refractivity (Wildman–Crippen MR) is 65.7 cm³/mol. The minimum absolute atomic E-state index is 0.0806. The zero-order chi connectivity index (χ0) is 15.1. The van der Waals surface area contributed by atoms with Crippen LogP contribution >= 0.6 is 0 Å². The van der Waals surface area contributed by atoms with E-state index < -0.39 is 41.3 Å². The largest absolute Gasteiger partial charge is 0.460 e. The van der Waals surface area contributed by atoms with Crippen LogP contribution in [-0.2, 0) is 20.7 Å². The highest BCUT2D eigenvalue weighted by Gasteiger charge is 2.15. The predicted octanol–water partition coefficient (Wildman–Crippen LogP) is 0.668. The van der Waals surface area contributed by atoms with Gasteiger partial charge in [0, 0.05) is 5.56 Å². The molecule has 0 saturated heterocycles. The number of halogens is 2. The fourth-order valence-electron chi connectivity index (χ4n) is 1.29. The number of benzene rings is 1. The molecule has 0 fully saturated rings. The third-order valence-corrected chi connectivity index (χ3v) is 2.21. The number of rotatable bonds is 3. The molecule has 20 heavy (non-hydrogen) atoms. The molecule has 0 heterocycles. The molecule has 1 amide bonds. The average molecular weight is 285 g/mol. The first-order chi connectivity index (χ1) is 9.45. The summed E-state index contributed by atoms with van der Waals surface area (Å²) in [5, 5.41) is 7.21. The Morgan fingerprint density at radius 3 is 2.40 bits per heavy atom. The van der Waals surface area contributed by atoms with Crippen LogP contribution in [0.3, 0.4) is 0 Å². The van der Waals surface area contributed by atoms with E-state index in [4.69, 9.17) is 5.41 Å². The summed E-state index contributed by atoms with van der Waals surface area (Å²) >= 11 is 0. The quantitative estimate of drug-likeness (QED) is 0.329. The lowest BCUT2D eigenvalue weighted by atomic mass is 10.1. The number of amidine groups is 1. The average Bonchev–Trinajstić information content (AvgIpc) is 2.40. The van der Waals surface area contributed by atoms with Gasteiger partial charge in [-0.2, -0.15) is 0 Å². The second kappa shape index (κ2) is 7.17. The monoisotopic (exact) mass is 285 g/mol. The first kappa shape index (κ1) is 15.5. The van der Waals surface area contributed by atoms with Crippen LogP contribution in [0.25, 0.3) is 0 Å². The maximum absolute atomic E-state index is 13.3. The smallest absolute Gasteiger partial charge is 0.375 e. The van der Waals surface area contributed by atoms with E-state index in [1.807, 2.05) is 10.9 Å². The number of ether oxygens (including phenoxy) is 1. The number of hydrogen-bond donors (Lipinski definition) is 3. The van der Waals surface area contributed by atoms with Crippen molar-refractivity contribution in [3.8, 4) is 0 Å². The molecule has 0 aliphatic rings. The highest BCUT2D eigenvalue weighted by Crippen LogP contribution is 2.12. The second-order valence-electron chi connectivity index (χ2n) is 3.65. The van der Waals surface area contributed by atoms with E-state index in [9.17, 15) is 18.4 Å². The minimum Gasteiger partial charge on any atom is -0.460 e. The standard InChI is InChI=1S/C12H13F2N3O3/c1-2-20-12(19)11(15)17-16-10(18)6-7-8(13)4-3-5-9(7)14/h3-5H,2,6H2,1H3,(H2,15,17)(H,16,18).